The van der Waals surface area contributed by atoms with Crippen LogP contribution in [0.1, 0.15) is 41.4 Å². The number of primary amides is 1. The van der Waals surface area contributed by atoms with Gasteiger partial charge in [-0.2, -0.15) is 26.3 Å². The molecular weight excluding hydrogens is 484 g/mol. The van der Waals surface area contributed by atoms with Gasteiger partial charge in [-0.25, -0.2) is 0 Å². The number of ether oxygens (including phenoxy) is 2. The van der Waals surface area contributed by atoms with Crippen molar-refractivity contribution in [2.45, 2.75) is 43.8 Å². The van der Waals surface area contributed by atoms with E-state index >= 15 is 0 Å². The molecule has 190 valence electrons. The van der Waals surface area contributed by atoms with E-state index in [1.165, 1.54) is 12.1 Å². The van der Waals surface area contributed by atoms with E-state index in [0.717, 1.165) is 45.4 Å². The summed E-state index contributed by atoms with van der Waals surface area (Å²) < 4.78 is 93.0. The van der Waals surface area contributed by atoms with Crippen LogP contribution < -0.4 is 15.8 Å². The maximum atomic E-state index is 14.0. The maximum Gasteiger partial charge on any atom is 0.419 e. The summed E-state index contributed by atoms with van der Waals surface area (Å²) in [5.41, 5.74) is 0.564. The lowest BCUT2D eigenvalue weighted by atomic mass is 9.76. The molecule has 2 aromatic rings. The number of nitrogens with zero attached hydrogens (tertiary/aromatic N) is 1. The van der Waals surface area contributed by atoms with E-state index in [2.05, 4.69) is 10.3 Å². The number of carbonyl (C=O) groups excluding carboxylic acids is 2. The molecule has 0 spiro atoms. The molecule has 13 heteroatoms. The molecule has 1 fully saturated rings. The van der Waals surface area contributed by atoms with Gasteiger partial charge in [-0.3, -0.25) is 14.6 Å². The Morgan fingerprint density at radius 1 is 1.17 bits per heavy atom. The number of rotatable bonds is 5. The number of alkyl halides is 6. The molecule has 35 heavy (non-hydrogen) atoms. The Kier molecular flexibility index (Phi) is 6.77. The van der Waals surface area contributed by atoms with Gasteiger partial charge >= 0.3 is 12.4 Å². The van der Waals surface area contributed by atoms with E-state index in [1.807, 2.05) is 0 Å². The normalized spacial score (nSPS) is 24.8. The van der Waals surface area contributed by atoms with Crippen molar-refractivity contribution in [1.29, 1.82) is 0 Å². The van der Waals surface area contributed by atoms with Crippen molar-refractivity contribution in [3.8, 4) is 5.75 Å². The molecule has 0 radical (unpaired) electrons. The Morgan fingerprint density at radius 3 is 2.37 bits per heavy atom. The smallest absolute Gasteiger partial charge is 0.419 e. The van der Waals surface area contributed by atoms with Crippen LogP contribution in [0.15, 0.2) is 36.5 Å². The van der Waals surface area contributed by atoms with Gasteiger partial charge in [0.25, 0.3) is 11.8 Å². The molecule has 1 aromatic carbocycles. The van der Waals surface area contributed by atoms with Crippen molar-refractivity contribution in [3.05, 3.63) is 53.3 Å². The average molecular weight is 505 g/mol. The summed E-state index contributed by atoms with van der Waals surface area (Å²) in [6, 6.07) is 5.27. The molecule has 1 aromatic heterocycles. The second-order valence-electron chi connectivity index (χ2n) is 8.17. The Hall–Kier alpha value is -3.35. The van der Waals surface area contributed by atoms with E-state index in [0.29, 0.717) is 0 Å². The molecule has 7 nitrogen and oxygen atoms in total. The lowest BCUT2D eigenvalue weighted by molar-refractivity contribution is -0.272. The molecule has 4 atom stereocenters. The van der Waals surface area contributed by atoms with Crippen LogP contribution >= 0.6 is 0 Å². The van der Waals surface area contributed by atoms with Crippen LogP contribution in [0, 0.1) is 5.92 Å². The minimum absolute atomic E-state index is 0.0228. The number of nitrogens with two attached hydrogens (primary N) is 1. The first kappa shape index (κ1) is 26.3. The minimum atomic E-state index is -4.95. The van der Waals surface area contributed by atoms with Crippen LogP contribution in [0.5, 0.6) is 5.75 Å². The summed E-state index contributed by atoms with van der Waals surface area (Å²) in [5.74, 6) is -5.66. The number of nitrogens with one attached hydrogen (secondary N) is 1. The highest BCUT2D eigenvalue weighted by Gasteiger charge is 2.66. The summed E-state index contributed by atoms with van der Waals surface area (Å²) in [4.78, 5) is 28.2. The number of para-hydroxylation sites is 1. The van der Waals surface area contributed by atoms with Crippen molar-refractivity contribution >= 4 is 17.5 Å². The minimum Gasteiger partial charge on any atom is -0.496 e. The Bertz CT molecular complexity index is 1140. The number of hydrogen-bond donors (Lipinski definition) is 2. The molecule has 3 N–H and O–H groups in total. The van der Waals surface area contributed by atoms with Crippen LogP contribution in [0.2, 0.25) is 0 Å². The fourth-order valence-electron chi connectivity index (χ4n) is 4.15. The fourth-order valence-corrected chi connectivity index (χ4v) is 4.15. The van der Waals surface area contributed by atoms with Gasteiger partial charge in [0, 0.05) is 29.3 Å². The molecule has 1 saturated heterocycles. The number of anilines is 1. The molecule has 0 bridgehead atoms. The van der Waals surface area contributed by atoms with Crippen molar-refractivity contribution in [3.63, 3.8) is 0 Å². The molecule has 2 amide bonds. The first-order chi connectivity index (χ1) is 16.1. The predicted molar refractivity (Wildman–Crippen MR) is 111 cm³/mol. The third-order valence-electron chi connectivity index (χ3n) is 6.12. The highest BCUT2D eigenvalue weighted by atomic mass is 19.4. The second-order valence-corrected chi connectivity index (χ2v) is 8.17. The number of pyridine rings is 1. The Labute approximate surface area is 195 Å². The topological polar surface area (TPSA) is 104 Å². The zero-order valence-corrected chi connectivity index (χ0v) is 18.6. The largest absolute Gasteiger partial charge is 0.496 e. The van der Waals surface area contributed by atoms with Crippen molar-refractivity contribution in [1.82, 2.24) is 4.98 Å². The molecule has 3 rings (SSSR count). The zero-order chi connectivity index (χ0) is 26.3. The van der Waals surface area contributed by atoms with Crippen LogP contribution in [-0.2, 0) is 15.7 Å². The van der Waals surface area contributed by atoms with Gasteiger partial charge in [0.05, 0.1) is 12.7 Å². The van der Waals surface area contributed by atoms with E-state index in [4.69, 9.17) is 15.2 Å². The Balaban J connectivity index is 2.11. The van der Waals surface area contributed by atoms with Crippen LogP contribution in [-0.4, -0.2) is 41.8 Å². The second kappa shape index (κ2) is 9.02. The van der Waals surface area contributed by atoms with Gasteiger partial charge in [0.15, 0.2) is 5.60 Å². The van der Waals surface area contributed by atoms with Crippen molar-refractivity contribution < 1.29 is 45.4 Å². The number of halogens is 6. The van der Waals surface area contributed by atoms with Gasteiger partial charge in [-0.15, -0.1) is 0 Å². The molecule has 0 aliphatic carbocycles. The van der Waals surface area contributed by atoms with Crippen molar-refractivity contribution in [2.75, 3.05) is 12.4 Å². The molecule has 4 unspecified atom stereocenters. The van der Waals surface area contributed by atoms with E-state index in [1.54, 1.807) is 0 Å². The predicted octanol–water partition coefficient (Wildman–Crippen LogP) is 4.29. The molecule has 2 heterocycles. The first-order valence-corrected chi connectivity index (χ1v) is 10.2. The van der Waals surface area contributed by atoms with E-state index in [9.17, 15) is 35.9 Å². The SMILES string of the molecule is COc1c(C2C(C(=O)Nc3ccnc(C(N)=O)c3)OC(C)(C(F)(F)F)C2C)cccc1C(F)(F)F. The van der Waals surface area contributed by atoms with Crippen LogP contribution in [0.25, 0.3) is 0 Å². The monoisotopic (exact) mass is 505 g/mol. The maximum absolute atomic E-state index is 14.0. The third-order valence-corrected chi connectivity index (χ3v) is 6.12. The van der Waals surface area contributed by atoms with E-state index in [-0.39, 0.29) is 16.9 Å². The van der Waals surface area contributed by atoms with Gasteiger partial charge in [-0.05, 0) is 25.1 Å². The van der Waals surface area contributed by atoms with E-state index < -0.39 is 59.0 Å². The zero-order valence-electron chi connectivity index (χ0n) is 18.6. The van der Waals surface area contributed by atoms with Crippen molar-refractivity contribution in [2.24, 2.45) is 11.7 Å². The number of methoxy groups -OCH3 is 1. The lowest BCUT2D eigenvalue weighted by Crippen LogP contribution is -2.47. The average Bonchev–Trinajstić information content (AvgIpc) is 3.04. The highest BCUT2D eigenvalue weighted by Crippen LogP contribution is 2.55. The number of carbonyl (C=O) groups is 2. The van der Waals surface area contributed by atoms with Crippen LogP contribution in [0.3, 0.4) is 0 Å². The molecule has 1 aliphatic rings. The standard InChI is InChI=1S/C22H21F6N3O4/c1-10-15(12-5-4-6-13(16(12)34-3)21(23,24)25)17(35-20(10,2)22(26,27)28)19(33)31-11-7-8-30-14(9-11)18(29)32/h4-10,15,17H,1-3H3,(H2,29,32)(H,30,31,33). The summed E-state index contributed by atoms with van der Waals surface area (Å²) in [6.07, 6.45) is -10.5. The summed E-state index contributed by atoms with van der Waals surface area (Å²) >= 11 is 0. The number of amides is 2. The van der Waals surface area contributed by atoms with Gasteiger partial charge in [-0.1, -0.05) is 19.1 Å². The number of hydrogen-bond acceptors (Lipinski definition) is 5. The van der Waals surface area contributed by atoms with Gasteiger partial charge < -0.3 is 20.5 Å². The summed E-state index contributed by atoms with van der Waals surface area (Å²) in [6.45, 7) is 1.87. The summed E-state index contributed by atoms with van der Waals surface area (Å²) in [7, 11) is 0.953. The molecular formula is C22H21F6N3O4. The number of aromatic nitrogens is 1. The fraction of sp³-hybridized carbons (Fsp3) is 0.409. The summed E-state index contributed by atoms with van der Waals surface area (Å²) in [5, 5.41) is 2.33. The third kappa shape index (κ3) is 4.77. The molecule has 1 aliphatic heterocycles. The number of benzene rings is 1. The first-order valence-electron chi connectivity index (χ1n) is 10.2. The molecule has 0 saturated carbocycles. The Morgan fingerprint density at radius 2 is 1.83 bits per heavy atom. The highest BCUT2D eigenvalue weighted by molar-refractivity contribution is 5.97. The quantitative estimate of drug-likeness (QED) is 0.591. The lowest BCUT2D eigenvalue weighted by Gasteiger charge is -2.32. The van der Waals surface area contributed by atoms with Gasteiger partial charge in [0.2, 0.25) is 0 Å². The van der Waals surface area contributed by atoms with Crippen LogP contribution in [0.4, 0.5) is 32.0 Å². The van der Waals surface area contributed by atoms with Gasteiger partial charge in [0.1, 0.15) is 17.5 Å².